The van der Waals surface area contributed by atoms with Gasteiger partial charge in [0.05, 0.1) is 12.4 Å². The molecule has 0 spiro atoms. The van der Waals surface area contributed by atoms with Crippen LogP contribution in [0.1, 0.15) is 18.0 Å². The third-order valence-corrected chi connectivity index (χ3v) is 5.38. The number of hydrogen-bond donors (Lipinski definition) is 1. The highest BCUT2D eigenvalue weighted by Crippen LogP contribution is 2.32. The zero-order valence-electron chi connectivity index (χ0n) is 19.1. The van der Waals surface area contributed by atoms with Crippen LogP contribution in [0.15, 0.2) is 36.8 Å². The van der Waals surface area contributed by atoms with Crippen molar-refractivity contribution in [2.45, 2.75) is 25.9 Å². The molecule has 8 heteroatoms. The molecular weight excluding hydrogens is 354 g/mol. The molecule has 1 aliphatic heterocycles. The Morgan fingerprint density at radius 3 is 2.50 bits per heavy atom. The van der Waals surface area contributed by atoms with Crippen molar-refractivity contribution in [1.82, 2.24) is 29.9 Å². The number of phenols is 1. The second-order valence-electron chi connectivity index (χ2n) is 7.32. The maximum absolute atomic E-state index is 10.5. The third kappa shape index (κ3) is 3.43. The maximum Gasteiger partial charge on any atom is 0.245 e. The van der Waals surface area contributed by atoms with Crippen LogP contribution in [0.3, 0.4) is 0 Å². The van der Waals surface area contributed by atoms with Crippen LogP contribution in [-0.4, -0.2) is 67.2 Å². The van der Waals surface area contributed by atoms with Gasteiger partial charge in [-0.3, -0.25) is 9.58 Å². The van der Waals surface area contributed by atoms with Gasteiger partial charge in [-0.25, -0.2) is 4.98 Å². The highest BCUT2D eigenvalue weighted by atomic mass is 16.3. The molecule has 2 aromatic heterocycles. The van der Waals surface area contributed by atoms with Crippen LogP contribution in [0.5, 0.6) is 5.75 Å². The predicted molar refractivity (Wildman–Crippen MR) is 108 cm³/mol. The highest BCUT2D eigenvalue weighted by Gasteiger charge is 2.28. The molecule has 3 aromatic rings. The molecule has 28 heavy (non-hydrogen) atoms. The van der Waals surface area contributed by atoms with Gasteiger partial charge in [-0.05, 0) is 38.6 Å². The summed E-state index contributed by atoms with van der Waals surface area (Å²) < 4.78 is 23.2. The average molecular weight is 382 g/mol. The first-order valence-corrected chi connectivity index (χ1v) is 9.19. The lowest BCUT2D eigenvalue weighted by Gasteiger charge is -2.42. The van der Waals surface area contributed by atoms with Gasteiger partial charge < -0.3 is 10.0 Å². The smallest absolute Gasteiger partial charge is 0.245 e. The number of rotatable bonds is 3. The fraction of sp³-hybridized carbons (Fsp3) is 0.400. The van der Waals surface area contributed by atoms with Crippen LogP contribution in [0, 0.1) is 0 Å². The monoisotopic (exact) mass is 382 g/mol. The molecule has 0 bridgehead atoms. The van der Waals surface area contributed by atoms with Crippen molar-refractivity contribution in [2.75, 3.05) is 25.0 Å². The maximum atomic E-state index is 10.5. The van der Waals surface area contributed by atoms with Crippen LogP contribution in [0.4, 0.5) is 5.95 Å². The number of aromatic nitrogens is 5. The van der Waals surface area contributed by atoms with Crippen molar-refractivity contribution in [3.63, 3.8) is 0 Å². The van der Waals surface area contributed by atoms with Crippen molar-refractivity contribution >= 4 is 5.95 Å². The van der Waals surface area contributed by atoms with Crippen molar-refractivity contribution < 1.29 is 9.22 Å². The second kappa shape index (κ2) is 7.20. The quantitative estimate of drug-likeness (QED) is 0.743. The topological polar surface area (TPSA) is 83.2 Å². The number of phenolic OH excluding ortho intramolecular Hbond substituents is 1. The Bertz CT molecular complexity index is 1060. The molecular formula is C20H25N7O. The van der Waals surface area contributed by atoms with Crippen LogP contribution < -0.4 is 4.90 Å². The van der Waals surface area contributed by atoms with Gasteiger partial charge >= 0.3 is 0 Å². The van der Waals surface area contributed by atoms with Crippen molar-refractivity contribution in [1.29, 1.82) is 0 Å². The molecule has 0 unspecified atom stereocenters. The van der Waals surface area contributed by atoms with E-state index in [1.54, 1.807) is 24.4 Å². The number of piperazine rings is 1. The summed E-state index contributed by atoms with van der Waals surface area (Å²) in [7, 11) is 2.12. The van der Waals surface area contributed by atoms with Gasteiger partial charge in [0.25, 0.3) is 0 Å². The third-order valence-electron chi connectivity index (χ3n) is 5.38. The molecule has 0 radical (unpaired) electrons. The fourth-order valence-corrected chi connectivity index (χ4v) is 3.50. The first kappa shape index (κ1) is 15.0. The first-order valence-electron chi connectivity index (χ1n) is 10.7. The van der Waals surface area contributed by atoms with E-state index in [1.165, 1.54) is 12.4 Å². The van der Waals surface area contributed by atoms with Crippen LogP contribution in [-0.2, 0) is 6.98 Å². The van der Waals surface area contributed by atoms with Crippen molar-refractivity contribution in [3.8, 4) is 28.1 Å². The van der Waals surface area contributed by atoms with E-state index >= 15 is 0 Å². The molecule has 1 saturated heterocycles. The van der Waals surface area contributed by atoms with E-state index < -0.39 is 6.98 Å². The fourth-order valence-electron chi connectivity index (χ4n) is 3.50. The lowest BCUT2D eigenvalue weighted by atomic mass is 10.0. The van der Waals surface area contributed by atoms with Gasteiger partial charge in [-0.15, -0.1) is 10.2 Å². The minimum Gasteiger partial charge on any atom is -0.507 e. The van der Waals surface area contributed by atoms with Crippen LogP contribution in [0.2, 0.25) is 0 Å². The van der Waals surface area contributed by atoms with Gasteiger partial charge in [-0.1, -0.05) is 6.07 Å². The number of aromatic hydroxyl groups is 1. The summed E-state index contributed by atoms with van der Waals surface area (Å²) in [6.45, 7) is 3.65. The molecule has 0 aliphatic carbocycles. The molecule has 4 rings (SSSR count). The lowest BCUT2D eigenvalue weighted by Crippen LogP contribution is -2.55. The Labute approximate surface area is 168 Å². The van der Waals surface area contributed by atoms with E-state index in [1.807, 2.05) is 0 Å². The first-order chi connectivity index (χ1) is 14.6. The Kier molecular flexibility index (Phi) is 3.85. The van der Waals surface area contributed by atoms with Crippen molar-refractivity contribution in [3.05, 3.63) is 36.8 Å². The summed E-state index contributed by atoms with van der Waals surface area (Å²) in [5.41, 5.74) is 2.20. The molecule has 3 heterocycles. The van der Waals surface area contributed by atoms with Gasteiger partial charge in [0.2, 0.25) is 5.95 Å². The molecule has 1 fully saturated rings. The number of nitrogens with zero attached hydrogens (tertiary/aromatic N) is 7. The minimum absolute atomic E-state index is 0.00447. The Hall–Kier alpha value is -3.00. The summed E-state index contributed by atoms with van der Waals surface area (Å²) in [6.07, 6.45) is 4.49. The molecule has 1 aromatic carbocycles. The number of aryl methyl sites for hydroxylation is 1. The minimum atomic E-state index is -2.34. The van der Waals surface area contributed by atoms with E-state index in [9.17, 15) is 5.11 Å². The normalized spacial score (nSPS) is 22.5. The van der Waals surface area contributed by atoms with E-state index in [-0.39, 0.29) is 5.75 Å². The van der Waals surface area contributed by atoms with E-state index in [4.69, 9.17) is 4.11 Å². The number of likely N-dealkylation sites (N-methyl/N-ethyl adjacent to an activating group) is 1. The van der Waals surface area contributed by atoms with Gasteiger partial charge in [0.15, 0.2) is 0 Å². The summed E-state index contributed by atoms with van der Waals surface area (Å²) in [4.78, 5) is 8.93. The molecule has 0 amide bonds. The molecule has 0 saturated carbocycles. The lowest BCUT2D eigenvalue weighted by molar-refractivity contribution is 0.169. The number of benzene rings is 1. The summed E-state index contributed by atoms with van der Waals surface area (Å²) in [5.74, 6) is 0.577. The molecule has 1 aliphatic rings. The predicted octanol–water partition coefficient (Wildman–Crippen LogP) is 2.17. The van der Waals surface area contributed by atoms with Crippen LogP contribution >= 0.6 is 0 Å². The van der Waals surface area contributed by atoms with Gasteiger partial charge in [0.1, 0.15) is 11.4 Å². The highest BCUT2D eigenvalue weighted by molar-refractivity contribution is 5.73. The van der Waals surface area contributed by atoms with E-state index in [2.05, 4.69) is 51.0 Å². The number of hydrogen-bond acceptors (Lipinski definition) is 7. The summed E-state index contributed by atoms with van der Waals surface area (Å²) in [6, 6.07) is 5.81. The zero-order chi connectivity index (χ0) is 22.3. The van der Waals surface area contributed by atoms with Gasteiger partial charge in [0, 0.05) is 53.6 Å². The molecule has 2 atom stereocenters. The SMILES string of the molecule is [2H]C([2H])([2H])n1cc(-c2ccc(-c3cnc(N4C[C@@H](C)N(C)[C@@H](C)C4)nn3)c(O)c2)cn1. The average Bonchev–Trinajstić information content (AvgIpc) is 3.23. The standard InChI is InChI=1S/C20H25N7O/c1-13-10-27(11-14(2)26(13)4)20-21-9-18(23-24-20)17-6-5-15(7-19(17)28)16-8-22-25(3)12-16/h5-9,12-14,28H,10-11H2,1-4H3/t13-,14+/i3D3. The Morgan fingerprint density at radius 1 is 1.11 bits per heavy atom. The largest absolute Gasteiger partial charge is 0.507 e. The summed E-state index contributed by atoms with van der Waals surface area (Å²) >= 11 is 0. The van der Waals surface area contributed by atoms with Gasteiger partial charge in [-0.2, -0.15) is 5.10 Å². The molecule has 1 N–H and O–H groups in total. The van der Waals surface area contributed by atoms with E-state index in [0.717, 1.165) is 17.8 Å². The van der Waals surface area contributed by atoms with Crippen molar-refractivity contribution in [2.24, 2.45) is 6.98 Å². The number of anilines is 1. The Balaban J connectivity index is 1.54. The zero-order valence-corrected chi connectivity index (χ0v) is 16.1. The summed E-state index contributed by atoms with van der Waals surface area (Å²) in [5, 5.41) is 23.0. The molecule has 8 nitrogen and oxygen atoms in total. The Morgan fingerprint density at radius 2 is 1.89 bits per heavy atom. The van der Waals surface area contributed by atoms with E-state index in [0.29, 0.717) is 40.4 Å². The second-order valence-corrected chi connectivity index (χ2v) is 7.32. The molecule has 146 valence electrons. The van der Waals surface area contributed by atoms with Crippen LogP contribution in [0.25, 0.3) is 22.4 Å².